The number of hydrogen-bond acceptors (Lipinski definition) is 4. The Hall–Kier alpha value is -1.26. The molecule has 0 heterocycles. The molecule has 0 atom stereocenters. The van der Waals surface area contributed by atoms with E-state index >= 15 is 0 Å². The quantitative estimate of drug-likeness (QED) is 0.618. The maximum absolute atomic E-state index is 11.6. The number of ketones is 1. The van der Waals surface area contributed by atoms with Crippen molar-refractivity contribution in [2.75, 3.05) is 14.2 Å². The van der Waals surface area contributed by atoms with Gasteiger partial charge in [0.15, 0.2) is 0 Å². The smallest absolute Gasteiger partial charge is 0.313 e. The molecule has 0 aliphatic rings. The predicted molar refractivity (Wildman–Crippen MR) is 68.4 cm³/mol. The van der Waals surface area contributed by atoms with Gasteiger partial charge in [0, 0.05) is 6.42 Å². The third-order valence-electron chi connectivity index (χ3n) is 2.30. The minimum atomic E-state index is -0.573. The number of rotatable bonds is 5. The highest BCUT2D eigenvalue weighted by molar-refractivity contribution is 6.43. The first kappa shape index (κ1) is 14.8. The summed E-state index contributed by atoms with van der Waals surface area (Å²) in [6.07, 6.45) is -0.256. The molecule has 0 radical (unpaired) electrons. The van der Waals surface area contributed by atoms with Crippen molar-refractivity contribution in [1.29, 1.82) is 0 Å². The summed E-state index contributed by atoms with van der Waals surface area (Å²) >= 11 is 12.0. The van der Waals surface area contributed by atoms with Crippen molar-refractivity contribution in [3.8, 4) is 5.75 Å². The first-order chi connectivity index (χ1) is 8.49. The molecule has 0 saturated carbocycles. The number of Topliss-reactive ketones (excluding diaryl/α,β-unsaturated/α-hetero) is 1. The monoisotopic (exact) mass is 290 g/mol. The van der Waals surface area contributed by atoms with E-state index in [4.69, 9.17) is 27.9 Å². The average Bonchev–Trinajstić information content (AvgIpc) is 2.35. The van der Waals surface area contributed by atoms with E-state index < -0.39 is 5.97 Å². The third kappa shape index (κ3) is 3.62. The van der Waals surface area contributed by atoms with Crippen molar-refractivity contribution in [3.63, 3.8) is 0 Å². The Labute approximate surface area is 115 Å². The zero-order valence-electron chi connectivity index (χ0n) is 9.96. The van der Waals surface area contributed by atoms with Gasteiger partial charge in [-0.3, -0.25) is 9.59 Å². The standard InChI is InChI=1S/C12H12Cl2O4/c1-17-9-4-3-7(11(13)12(9)14)5-8(15)6-10(16)18-2/h3-4H,5-6H2,1-2H3. The molecular formula is C12H12Cl2O4. The fourth-order valence-corrected chi connectivity index (χ4v) is 1.86. The van der Waals surface area contributed by atoms with Gasteiger partial charge in [0.25, 0.3) is 0 Å². The van der Waals surface area contributed by atoms with Crippen LogP contribution in [-0.4, -0.2) is 26.0 Å². The topological polar surface area (TPSA) is 52.6 Å². The van der Waals surface area contributed by atoms with Crippen molar-refractivity contribution < 1.29 is 19.1 Å². The first-order valence-corrected chi connectivity index (χ1v) is 5.84. The fourth-order valence-electron chi connectivity index (χ4n) is 1.37. The SMILES string of the molecule is COC(=O)CC(=O)Cc1ccc(OC)c(Cl)c1Cl. The van der Waals surface area contributed by atoms with Gasteiger partial charge in [0.2, 0.25) is 0 Å². The Morgan fingerprint density at radius 1 is 1.17 bits per heavy atom. The van der Waals surface area contributed by atoms with Crippen molar-refractivity contribution in [2.24, 2.45) is 0 Å². The summed E-state index contributed by atoms with van der Waals surface area (Å²) in [7, 11) is 2.70. The normalized spacial score (nSPS) is 10.0. The van der Waals surface area contributed by atoms with E-state index in [1.54, 1.807) is 12.1 Å². The van der Waals surface area contributed by atoms with Crippen molar-refractivity contribution in [2.45, 2.75) is 12.8 Å². The second kappa shape index (κ2) is 6.61. The molecule has 0 N–H and O–H groups in total. The Morgan fingerprint density at radius 2 is 1.83 bits per heavy atom. The van der Waals surface area contributed by atoms with E-state index in [0.29, 0.717) is 11.3 Å². The Bertz CT molecular complexity index is 471. The molecule has 1 aromatic rings. The number of hydrogen-bond donors (Lipinski definition) is 0. The van der Waals surface area contributed by atoms with Crippen LogP contribution in [0.4, 0.5) is 0 Å². The second-order valence-corrected chi connectivity index (χ2v) is 4.28. The number of esters is 1. The van der Waals surface area contributed by atoms with Crippen molar-refractivity contribution >= 4 is 35.0 Å². The third-order valence-corrected chi connectivity index (χ3v) is 3.21. The molecule has 0 aliphatic heterocycles. The molecule has 1 rings (SSSR count). The Kier molecular flexibility index (Phi) is 5.44. The number of ether oxygens (including phenoxy) is 2. The van der Waals surface area contributed by atoms with Crippen LogP contribution in [-0.2, 0) is 20.7 Å². The Balaban J connectivity index is 2.83. The van der Waals surface area contributed by atoms with Gasteiger partial charge in [-0.05, 0) is 11.6 Å². The number of benzene rings is 1. The second-order valence-electron chi connectivity index (χ2n) is 3.52. The molecule has 98 valence electrons. The highest BCUT2D eigenvalue weighted by atomic mass is 35.5. The van der Waals surface area contributed by atoms with Crippen LogP contribution in [0, 0.1) is 0 Å². The van der Waals surface area contributed by atoms with E-state index in [1.807, 2.05) is 0 Å². The number of carbonyl (C=O) groups is 2. The van der Waals surface area contributed by atoms with E-state index in [1.165, 1.54) is 14.2 Å². The van der Waals surface area contributed by atoms with Gasteiger partial charge in [-0.1, -0.05) is 29.3 Å². The van der Waals surface area contributed by atoms with Gasteiger partial charge < -0.3 is 9.47 Å². The zero-order valence-corrected chi connectivity index (χ0v) is 11.5. The summed E-state index contributed by atoms with van der Waals surface area (Å²) in [5.74, 6) is -0.424. The summed E-state index contributed by atoms with van der Waals surface area (Å²) in [6.45, 7) is 0. The summed E-state index contributed by atoms with van der Waals surface area (Å²) in [4.78, 5) is 22.5. The minimum absolute atomic E-state index is 0.0254. The van der Waals surface area contributed by atoms with E-state index in [2.05, 4.69) is 4.74 Å². The molecule has 0 spiro atoms. The lowest BCUT2D eigenvalue weighted by molar-refractivity contribution is -0.143. The molecule has 0 aromatic heterocycles. The molecule has 0 unspecified atom stereocenters. The molecule has 0 saturated heterocycles. The summed E-state index contributed by atoms with van der Waals surface area (Å²) in [5, 5.41) is 0.511. The van der Waals surface area contributed by atoms with Gasteiger partial charge in [-0.2, -0.15) is 0 Å². The largest absolute Gasteiger partial charge is 0.495 e. The van der Waals surface area contributed by atoms with Crippen LogP contribution in [0.2, 0.25) is 10.0 Å². The van der Waals surface area contributed by atoms with Crippen LogP contribution < -0.4 is 4.74 Å². The van der Waals surface area contributed by atoms with E-state index in [0.717, 1.165) is 0 Å². The van der Waals surface area contributed by atoms with E-state index in [-0.39, 0.29) is 28.7 Å². The fraction of sp³-hybridized carbons (Fsp3) is 0.333. The van der Waals surface area contributed by atoms with Gasteiger partial charge in [0.1, 0.15) is 23.0 Å². The molecule has 0 fully saturated rings. The number of methoxy groups -OCH3 is 2. The molecule has 0 amide bonds. The van der Waals surface area contributed by atoms with Crippen LogP contribution >= 0.6 is 23.2 Å². The Morgan fingerprint density at radius 3 is 2.39 bits per heavy atom. The van der Waals surface area contributed by atoms with E-state index in [9.17, 15) is 9.59 Å². The molecule has 6 heteroatoms. The van der Waals surface area contributed by atoms with Gasteiger partial charge in [-0.15, -0.1) is 0 Å². The molecular weight excluding hydrogens is 279 g/mol. The summed E-state index contributed by atoms with van der Waals surface area (Å²) < 4.78 is 9.40. The molecule has 4 nitrogen and oxygen atoms in total. The van der Waals surface area contributed by atoms with Crippen LogP contribution in [0.3, 0.4) is 0 Å². The first-order valence-electron chi connectivity index (χ1n) is 5.09. The number of carbonyl (C=O) groups excluding carboxylic acids is 2. The minimum Gasteiger partial charge on any atom is -0.495 e. The lowest BCUT2D eigenvalue weighted by atomic mass is 10.1. The van der Waals surface area contributed by atoms with Gasteiger partial charge in [0.05, 0.1) is 19.2 Å². The van der Waals surface area contributed by atoms with Crippen molar-refractivity contribution in [1.82, 2.24) is 0 Å². The lowest BCUT2D eigenvalue weighted by Gasteiger charge is -2.08. The van der Waals surface area contributed by atoms with Crippen LogP contribution in [0.5, 0.6) is 5.75 Å². The molecule has 0 bridgehead atoms. The average molecular weight is 291 g/mol. The molecule has 1 aromatic carbocycles. The highest BCUT2D eigenvalue weighted by Gasteiger charge is 2.15. The predicted octanol–water partition coefficient (Wildman–Crippen LogP) is 2.68. The van der Waals surface area contributed by atoms with Crippen LogP contribution in [0.1, 0.15) is 12.0 Å². The van der Waals surface area contributed by atoms with Gasteiger partial charge in [-0.25, -0.2) is 0 Å². The van der Waals surface area contributed by atoms with Gasteiger partial charge >= 0.3 is 5.97 Å². The van der Waals surface area contributed by atoms with Crippen LogP contribution in [0.25, 0.3) is 0 Å². The number of halogens is 2. The maximum atomic E-state index is 11.6. The van der Waals surface area contributed by atoms with Crippen LogP contribution in [0.15, 0.2) is 12.1 Å². The summed E-state index contributed by atoms with van der Waals surface area (Å²) in [6, 6.07) is 3.26. The molecule has 0 aliphatic carbocycles. The zero-order chi connectivity index (χ0) is 13.7. The molecule has 18 heavy (non-hydrogen) atoms. The lowest BCUT2D eigenvalue weighted by Crippen LogP contribution is -2.11. The summed E-state index contributed by atoms with van der Waals surface area (Å²) in [5.41, 5.74) is 0.552. The highest BCUT2D eigenvalue weighted by Crippen LogP contribution is 2.34. The van der Waals surface area contributed by atoms with Crippen molar-refractivity contribution in [3.05, 3.63) is 27.7 Å². The maximum Gasteiger partial charge on any atom is 0.313 e.